The van der Waals surface area contributed by atoms with E-state index in [4.69, 9.17) is 19.2 Å². The van der Waals surface area contributed by atoms with Gasteiger partial charge >= 0.3 is 5.97 Å². The van der Waals surface area contributed by atoms with Gasteiger partial charge in [0.2, 0.25) is 5.95 Å². The van der Waals surface area contributed by atoms with Crippen LogP contribution in [0.25, 0.3) is 16.7 Å². The molecule has 0 fully saturated rings. The monoisotopic (exact) mass is 455 g/mol. The Morgan fingerprint density at radius 1 is 1.00 bits per heavy atom. The first kappa shape index (κ1) is 21.6. The fraction of sp³-hybridized carbons (Fsp3) is 0.185. The van der Waals surface area contributed by atoms with Gasteiger partial charge in [-0.2, -0.15) is 0 Å². The van der Waals surface area contributed by atoms with Gasteiger partial charge < -0.3 is 19.5 Å². The molecule has 1 unspecified atom stereocenters. The highest BCUT2D eigenvalue weighted by molar-refractivity contribution is 6.00. The number of para-hydroxylation sites is 2. The molecule has 1 N–H and O–H groups in total. The Hall–Kier alpha value is -4.26. The van der Waals surface area contributed by atoms with Crippen molar-refractivity contribution in [3.63, 3.8) is 0 Å². The lowest BCUT2D eigenvalue weighted by Gasteiger charge is -2.30. The van der Waals surface area contributed by atoms with Gasteiger partial charge in [0.25, 0.3) is 0 Å². The molecule has 0 aliphatic carbocycles. The van der Waals surface area contributed by atoms with E-state index in [1.807, 2.05) is 78.2 Å². The smallest absolute Gasteiger partial charge is 0.338 e. The fourth-order valence-electron chi connectivity index (χ4n) is 4.35. The number of nitrogens with zero attached hydrogens (tertiary/aromatic N) is 2. The second-order valence-electron chi connectivity index (χ2n) is 8.01. The van der Waals surface area contributed by atoms with Crippen LogP contribution < -0.4 is 14.8 Å². The van der Waals surface area contributed by atoms with Gasteiger partial charge in [0.1, 0.15) is 18.1 Å². The molecule has 1 aliphatic rings. The summed E-state index contributed by atoms with van der Waals surface area (Å²) in [5.74, 6) is 1.52. The van der Waals surface area contributed by atoms with E-state index in [0.717, 1.165) is 27.9 Å². The van der Waals surface area contributed by atoms with Crippen LogP contribution in [0.4, 0.5) is 5.95 Å². The van der Waals surface area contributed by atoms with Crippen LogP contribution in [0.2, 0.25) is 0 Å². The number of rotatable bonds is 6. The molecule has 0 saturated carbocycles. The number of imidazole rings is 1. The number of ether oxygens (including phenoxy) is 3. The van der Waals surface area contributed by atoms with Crippen molar-refractivity contribution in [1.29, 1.82) is 0 Å². The number of hydrogen-bond donors (Lipinski definition) is 1. The van der Waals surface area contributed by atoms with Crippen molar-refractivity contribution >= 4 is 28.6 Å². The van der Waals surface area contributed by atoms with Gasteiger partial charge in [0, 0.05) is 17.3 Å². The van der Waals surface area contributed by atoms with Crippen molar-refractivity contribution in [1.82, 2.24) is 9.55 Å². The van der Waals surface area contributed by atoms with Crippen molar-refractivity contribution in [3.8, 4) is 11.5 Å². The van der Waals surface area contributed by atoms with Gasteiger partial charge in [0.05, 0.1) is 36.9 Å². The lowest BCUT2D eigenvalue weighted by molar-refractivity contribution is -0.140. The fourth-order valence-corrected chi connectivity index (χ4v) is 4.35. The third-order valence-electron chi connectivity index (χ3n) is 6.03. The molecule has 0 amide bonds. The number of esters is 1. The number of methoxy groups -OCH3 is 2. The zero-order chi connectivity index (χ0) is 23.7. The number of carbonyl (C=O) groups excluding carboxylic acids is 1. The molecule has 0 saturated heterocycles. The molecule has 0 bridgehead atoms. The standard InChI is InChI=1S/C27H25N3O4/c1-17-24(26(31)34-16-18-9-5-4-6-10-18)25(20-14-13-19(32-2)15-23(20)33-3)29-27-28-21-11-7-8-12-22(21)30(17)27/h4-15,25H,16H2,1-3H3,(H,28,29). The third kappa shape index (κ3) is 3.75. The minimum atomic E-state index is -0.520. The molecule has 1 aromatic heterocycles. The maximum Gasteiger partial charge on any atom is 0.338 e. The summed E-state index contributed by atoms with van der Waals surface area (Å²) in [6, 6.07) is 22.5. The first-order valence-electron chi connectivity index (χ1n) is 11.0. The molecule has 4 aromatic rings. The number of benzene rings is 3. The zero-order valence-corrected chi connectivity index (χ0v) is 19.2. The predicted octanol–water partition coefficient (Wildman–Crippen LogP) is 5.19. The van der Waals surface area contributed by atoms with Crippen molar-refractivity contribution < 1.29 is 19.0 Å². The third-order valence-corrected chi connectivity index (χ3v) is 6.03. The summed E-state index contributed by atoms with van der Waals surface area (Å²) >= 11 is 0. The van der Waals surface area contributed by atoms with E-state index in [-0.39, 0.29) is 6.61 Å². The summed E-state index contributed by atoms with van der Waals surface area (Å²) in [5, 5.41) is 3.45. The average molecular weight is 456 g/mol. The van der Waals surface area contributed by atoms with E-state index in [1.54, 1.807) is 20.3 Å². The van der Waals surface area contributed by atoms with Crippen LogP contribution in [0, 0.1) is 0 Å². The quantitative estimate of drug-likeness (QED) is 0.403. The van der Waals surface area contributed by atoms with E-state index in [1.165, 1.54) is 0 Å². The van der Waals surface area contributed by atoms with Gasteiger partial charge in [-0.25, -0.2) is 9.78 Å². The molecule has 1 atom stereocenters. The van der Waals surface area contributed by atoms with E-state index in [2.05, 4.69) is 5.32 Å². The summed E-state index contributed by atoms with van der Waals surface area (Å²) in [6.07, 6.45) is 0. The molecular formula is C27H25N3O4. The van der Waals surface area contributed by atoms with Crippen LogP contribution in [0.1, 0.15) is 24.1 Å². The second kappa shape index (κ2) is 8.94. The van der Waals surface area contributed by atoms with Crippen molar-refractivity contribution in [2.75, 3.05) is 19.5 Å². The number of aromatic nitrogens is 2. The number of anilines is 1. The molecule has 1 aliphatic heterocycles. The maximum absolute atomic E-state index is 13.5. The van der Waals surface area contributed by atoms with Gasteiger partial charge in [-0.05, 0) is 36.8 Å². The summed E-state index contributed by atoms with van der Waals surface area (Å²) in [7, 11) is 3.20. The van der Waals surface area contributed by atoms with E-state index in [0.29, 0.717) is 23.0 Å². The Morgan fingerprint density at radius 2 is 1.76 bits per heavy atom. The molecule has 7 nitrogen and oxygen atoms in total. The first-order chi connectivity index (χ1) is 16.6. The summed E-state index contributed by atoms with van der Waals surface area (Å²) in [5.41, 5.74) is 4.70. The van der Waals surface area contributed by atoms with Gasteiger partial charge in [-0.15, -0.1) is 0 Å². The Kier molecular flexibility index (Phi) is 5.67. The topological polar surface area (TPSA) is 74.6 Å². The minimum Gasteiger partial charge on any atom is -0.497 e. The summed E-state index contributed by atoms with van der Waals surface area (Å²) in [4.78, 5) is 18.3. The van der Waals surface area contributed by atoms with Crippen LogP contribution in [0.15, 0.2) is 78.4 Å². The lowest BCUT2D eigenvalue weighted by atomic mass is 9.94. The van der Waals surface area contributed by atoms with Crippen molar-refractivity contribution in [2.24, 2.45) is 0 Å². The molecule has 172 valence electrons. The highest BCUT2D eigenvalue weighted by Gasteiger charge is 2.35. The molecule has 3 aromatic carbocycles. The van der Waals surface area contributed by atoms with Crippen LogP contribution >= 0.6 is 0 Å². The molecule has 7 heteroatoms. The Labute approximate surface area is 197 Å². The SMILES string of the molecule is COc1ccc(C2Nc3nc4ccccc4n3C(C)=C2C(=O)OCc2ccccc2)c(OC)c1. The summed E-state index contributed by atoms with van der Waals surface area (Å²) in [6.45, 7) is 2.10. The van der Waals surface area contributed by atoms with Gasteiger partial charge in [-0.3, -0.25) is 4.57 Å². The predicted molar refractivity (Wildman–Crippen MR) is 131 cm³/mol. The van der Waals surface area contributed by atoms with Crippen molar-refractivity contribution in [3.05, 3.63) is 89.5 Å². The molecular weight excluding hydrogens is 430 g/mol. The van der Waals surface area contributed by atoms with Crippen LogP contribution in [0.5, 0.6) is 11.5 Å². The van der Waals surface area contributed by atoms with Crippen molar-refractivity contribution in [2.45, 2.75) is 19.6 Å². The van der Waals surface area contributed by atoms with Crippen LogP contribution in [0.3, 0.4) is 0 Å². The second-order valence-corrected chi connectivity index (χ2v) is 8.01. The van der Waals surface area contributed by atoms with Crippen LogP contribution in [-0.4, -0.2) is 29.7 Å². The normalized spacial score (nSPS) is 15.0. The zero-order valence-electron chi connectivity index (χ0n) is 19.2. The highest BCUT2D eigenvalue weighted by Crippen LogP contribution is 2.42. The molecule has 2 heterocycles. The Morgan fingerprint density at radius 3 is 2.53 bits per heavy atom. The molecule has 34 heavy (non-hydrogen) atoms. The van der Waals surface area contributed by atoms with E-state index < -0.39 is 12.0 Å². The number of fused-ring (bicyclic) bond motifs is 3. The number of carbonyl (C=O) groups is 1. The lowest BCUT2D eigenvalue weighted by Crippen LogP contribution is -2.28. The largest absolute Gasteiger partial charge is 0.497 e. The molecule has 5 rings (SSSR count). The molecule has 0 radical (unpaired) electrons. The highest BCUT2D eigenvalue weighted by atomic mass is 16.5. The van der Waals surface area contributed by atoms with Crippen LogP contribution in [-0.2, 0) is 16.1 Å². The Bertz CT molecular complexity index is 1390. The minimum absolute atomic E-state index is 0.181. The van der Waals surface area contributed by atoms with Gasteiger partial charge in [-0.1, -0.05) is 42.5 Å². The Balaban J connectivity index is 1.62. The molecule has 0 spiro atoms. The number of allylic oxidation sites excluding steroid dienone is 1. The van der Waals surface area contributed by atoms with E-state index in [9.17, 15) is 4.79 Å². The first-order valence-corrected chi connectivity index (χ1v) is 11.0. The number of hydrogen-bond acceptors (Lipinski definition) is 6. The van der Waals surface area contributed by atoms with Gasteiger partial charge in [0.15, 0.2) is 0 Å². The maximum atomic E-state index is 13.5. The average Bonchev–Trinajstić information content (AvgIpc) is 3.26. The number of nitrogens with one attached hydrogen (secondary N) is 1. The summed E-state index contributed by atoms with van der Waals surface area (Å²) < 4.78 is 18.8. The van der Waals surface area contributed by atoms with E-state index >= 15 is 0 Å².